The van der Waals surface area contributed by atoms with Gasteiger partial charge < -0.3 is 15.7 Å². The molecule has 0 spiro atoms. The predicted molar refractivity (Wildman–Crippen MR) is 84.3 cm³/mol. The van der Waals surface area contributed by atoms with Crippen molar-refractivity contribution >= 4 is 6.03 Å². The summed E-state index contributed by atoms with van der Waals surface area (Å²) in [7, 11) is 0. The molecule has 1 aromatic rings. The van der Waals surface area contributed by atoms with Crippen LogP contribution in [0.5, 0.6) is 0 Å². The van der Waals surface area contributed by atoms with Crippen LogP contribution in [0.15, 0.2) is 30.3 Å². The lowest BCUT2D eigenvalue weighted by molar-refractivity contribution is 0.0943. The molecule has 3 unspecified atom stereocenters. The van der Waals surface area contributed by atoms with Gasteiger partial charge in [-0.3, -0.25) is 0 Å². The molecule has 4 heteroatoms. The van der Waals surface area contributed by atoms with Crippen molar-refractivity contribution in [3.63, 3.8) is 0 Å². The maximum atomic E-state index is 12.0. The molecule has 0 heterocycles. The van der Waals surface area contributed by atoms with Crippen LogP contribution >= 0.6 is 0 Å². The number of aliphatic hydroxyl groups excluding tert-OH is 1. The first-order valence-corrected chi connectivity index (χ1v) is 7.98. The predicted octanol–water partition coefficient (Wildman–Crippen LogP) is 2.78. The molecule has 3 N–H and O–H groups in total. The summed E-state index contributed by atoms with van der Waals surface area (Å²) in [5, 5.41) is 15.7. The molecule has 1 fully saturated rings. The fourth-order valence-electron chi connectivity index (χ4n) is 2.94. The third kappa shape index (κ3) is 4.74. The minimum absolute atomic E-state index is 0.101. The Morgan fingerprint density at radius 1 is 1.29 bits per heavy atom. The highest BCUT2D eigenvalue weighted by atomic mass is 16.3. The third-order valence-corrected chi connectivity index (χ3v) is 4.32. The summed E-state index contributed by atoms with van der Waals surface area (Å²) in [6, 6.07) is 9.97. The summed E-state index contributed by atoms with van der Waals surface area (Å²) in [4.78, 5) is 12.0. The summed E-state index contributed by atoms with van der Waals surface area (Å²) in [6.07, 6.45) is 4.35. The average molecular weight is 290 g/mol. The van der Waals surface area contributed by atoms with Crippen molar-refractivity contribution in [1.82, 2.24) is 10.6 Å². The van der Waals surface area contributed by atoms with Gasteiger partial charge in [0.15, 0.2) is 0 Å². The first kappa shape index (κ1) is 15.8. The van der Waals surface area contributed by atoms with E-state index in [2.05, 4.69) is 29.7 Å². The Bertz CT molecular complexity index is 436. The number of benzene rings is 1. The normalized spacial score (nSPS) is 23.3. The number of aliphatic hydroxyl groups is 1. The van der Waals surface area contributed by atoms with Gasteiger partial charge in [0.05, 0.1) is 12.1 Å². The lowest BCUT2D eigenvalue weighted by atomic mass is 9.93. The minimum Gasteiger partial charge on any atom is -0.391 e. The summed E-state index contributed by atoms with van der Waals surface area (Å²) in [5.74, 6) is 0.327. The largest absolute Gasteiger partial charge is 0.391 e. The van der Waals surface area contributed by atoms with E-state index >= 15 is 0 Å². The molecule has 0 bridgehead atoms. The molecule has 1 aliphatic rings. The van der Waals surface area contributed by atoms with Crippen LogP contribution in [-0.2, 0) is 0 Å². The zero-order valence-corrected chi connectivity index (χ0v) is 12.7. The Morgan fingerprint density at radius 3 is 2.67 bits per heavy atom. The number of amides is 2. The van der Waals surface area contributed by atoms with Crippen molar-refractivity contribution < 1.29 is 9.90 Å². The molecular weight excluding hydrogens is 264 g/mol. The van der Waals surface area contributed by atoms with Crippen molar-refractivity contribution in [2.24, 2.45) is 0 Å². The maximum Gasteiger partial charge on any atom is 0.315 e. The quantitative estimate of drug-likeness (QED) is 0.781. The Hall–Kier alpha value is -1.55. The van der Waals surface area contributed by atoms with Crippen molar-refractivity contribution in [2.45, 2.75) is 57.1 Å². The molecule has 1 saturated carbocycles. The van der Waals surface area contributed by atoms with E-state index in [0.29, 0.717) is 12.5 Å². The maximum absolute atomic E-state index is 12.0. The van der Waals surface area contributed by atoms with Crippen LogP contribution in [0.1, 0.15) is 50.5 Å². The second-order valence-corrected chi connectivity index (χ2v) is 5.83. The van der Waals surface area contributed by atoms with E-state index in [1.54, 1.807) is 0 Å². The molecule has 1 aliphatic carbocycles. The molecule has 21 heavy (non-hydrogen) atoms. The summed E-state index contributed by atoms with van der Waals surface area (Å²) in [6.45, 7) is 2.75. The highest BCUT2D eigenvalue weighted by molar-refractivity contribution is 5.74. The van der Waals surface area contributed by atoms with Gasteiger partial charge in [0.1, 0.15) is 0 Å². The van der Waals surface area contributed by atoms with Crippen LogP contribution in [0.2, 0.25) is 0 Å². The molecule has 116 valence electrons. The summed E-state index contributed by atoms with van der Waals surface area (Å²) < 4.78 is 0. The van der Waals surface area contributed by atoms with Gasteiger partial charge in [-0.1, -0.05) is 50.1 Å². The van der Waals surface area contributed by atoms with E-state index in [1.165, 1.54) is 5.56 Å². The van der Waals surface area contributed by atoms with Crippen molar-refractivity contribution in [2.75, 3.05) is 6.54 Å². The van der Waals surface area contributed by atoms with E-state index in [-0.39, 0.29) is 12.1 Å². The van der Waals surface area contributed by atoms with Crippen LogP contribution in [-0.4, -0.2) is 29.8 Å². The van der Waals surface area contributed by atoms with E-state index in [1.807, 2.05) is 18.2 Å². The molecule has 2 amide bonds. The average Bonchev–Trinajstić information content (AvgIpc) is 2.51. The molecule has 0 aliphatic heterocycles. The van der Waals surface area contributed by atoms with Gasteiger partial charge in [0.2, 0.25) is 0 Å². The number of nitrogens with one attached hydrogen (secondary N) is 2. The zero-order valence-electron chi connectivity index (χ0n) is 12.7. The Balaban J connectivity index is 1.79. The summed E-state index contributed by atoms with van der Waals surface area (Å²) >= 11 is 0. The number of urea groups is 1. The van der Waals surface area contributed by atoms with Crippen LogP contribution in [0, 0.1) is 0 Å². The van der Waals surface area contributed by atoms with E-state index < -0.39 is 6.10 Å². The first-order chi connectivity index (χ1) is 10.2. The van der Waals surface area contributed by atoms with Gasteiger partial charge >= 0.3 is 6.03 Å². The second-order valence-electron chi connectivity index (χ2n) is 5.83. The Morgan fingerprint density at radius 2 is 2.00 bits per heavy atom. The third-order valence-electron chi connectivity index (χ3n) is 4.32. The van der Waals surface area contributed by atoms with Crippen molar-refractivity contribution in [3.8, 4) is 0 Å². The van der Waals surface area contributed by atoms with Gasteiger partial charge in [-0.05, 0) is 24.8 Å². The lowest BCUT2D eigenvalue weighted by Gasteiger charge is -2.28. The molecular formula is C17H26N2O2. The Labute approximate surface area is 126 Å². The van der Waals surface area contributed by atoms with Crippen LogP contribution in [0.25, 0.3) is 0 Å². The molecule has 4 nitrogen and oxygen atoms in total. The van der Waals surface area contributed by atoms with E-state index in [9.17, 15) is 9.90 Å². The van der Waals surface area contributed by atoms with Gasteiger partial charge in [-0.25, -0.2) is 4.79 Å². The Kier molecular flexibility index (Phi) is 6.05. The zero-order chi connectivity index (χ0) is 15.1. The number of hydrogen-bond acceptors (Lipinski definition) is 2. The smallest absolute Gasteiger partial charge is 0.315 e. The summed E-state index contributed by atoms with van der Waals surface area (Å²) in [5.41, 5.74) is 1.25. The first-order valence-electron chi connectivity index (χ1n) is 7.98. The molecule has 2 rings (SSSR count). The SMILES string of the molecule is CCC(CNC(=O)NC1CCCCC1O)c1ccccc1. The molecule has 1 aromatic carbocycles. The fourth-order valence-corrected chi connectivity index (χ4v) is 2.94. The van der Waals surface area contributed by atoms with Gasteiger partial charge in [-0.2, -0.15) is 0 Å². The number of carbonyl (C=O) groups excluding carboxylic acids is 1. The second kappa shape index (κ2) is 8.03. The molecule has 3 atom stereocenters. The molecule has 0 radical (unpaired) electrons. The minimum atomic E-state index is -0.402. The number of rotatable bonds is 5. The topological polar surface area (TPSA) is 61.4 Å². The highest BCUT2D eigenvalue weighted by Crippen LogP contribution is 2.19. The monoisotopic (exact) mass is 290 g/mol. The molecule has 0 saturated heterocycles. The van der Waals surface area contributed by atoms with Crippen LogP contribution in [0.3, 0.4) is 0 Å². The van der Waals surface area contributed by atoms with Crippen molar-refractivity contribution in [1.29, 1.82) is 0 Å². The van der Waals surface area contributed by atoms with E-state index in [4.69, 9.17) is 0 Å². The van der Waals surface area contributed by atoms with Crippen LogP contribution < -0.4 is 10.6 Å². The van der Waals surface area contributed by atoms with Crippen molar-refractivity contribution in [3.05, 3.63) is 35.9 Å². The molecule has 0 aromatic heterocycles. The number of hydrogen-bond donors (Lipinski definition) is 3. The van der Waals surface area contributed by atoms with E-state index in [0.717, 1.165) is 32.1 Å². The van der Waals surface area contributed by atoms with Crippen LogP contribution in [0.4, 0.5) is 4.79 Å². The van der Waals surface area contributed by atoms with Gasteiger partial charge in [0.25, 0.3) is 0 Å². The standard InChI is InChI=1S/C17H26N2O2/c1-2-13(14-8-4-3-5-9-14)12-18-17(21)19-15-10-6-7-11-16(15)20/h3-5,8-9,13,15-16,20H,2,6-7,10-12H2,1H3,(H2,18,19,21). The fraction of sp³-hybridized carbons (Fsp3) is 0.588. The lowest BCUT2D eigenvalue weighted by Crippen LogP contribution is -2.49. The highest BCUT2D eigenvalue weighted by Gasteiger charge is 2.24. The van der Waals surface area contributed by atoms with Gasteiger partial charge in [-0.15, -0.1) is 0 Å². The number of carbonyl (C=O) groups is 1. The van der Waals surface area contributed by atoms with Gasteiger partial charge in [0, 0.05) is 12.5 Å².